The predicted octanol–water partition coefficient (Wildman–Crippen LogP) is 4.30. The van der Waals surface area contributed by atoms with E-state index < -0.39 is 0 Å². The molecule has 0 aliphatic carbocycles. The number of allylic oxidation sites excluding steroid dienone is 1. The molecule has 3 aromatic rings. The normalized spacial score (nSPS) is 11.6. The Labute approximate surface area is 192 Å². The van der Waals surface area contributed by atoms with Crippen molar-refractivity contribution in [3.63, 3.8) is 0 Å². The van der Waals surface area contributed by atoms with Crippen molar-refractivity contribution in [1.29, 1.82) is 0 Å². The summed E-state index contributed by atoms with van der Waals surface area (Å²) < 4.78 is 1.86. The molecule has 0 bridgehead atoms. The average Bonchev–Trinajstić information content (AvgIpc) is 3.15. The predicted molar refractivity (Wildman–Crippen MR) is 128 cm³/mol. The minimum absolute atomic E-state index is 0.125. The molecule has 0 radical (unpaired) electrons. The van der Waals surface area contributed by atoms with Gasteiger partial charge in [0.05, 0.1) is 11.8 Å². The average molecular weight is 450 g/mol. The number of nitrogens with zero attached hydrogens (tertiary/aromatic N) is 3. The Balaban J connectivity index is 1.66. The van der Waals surface area contributed by atoms with E-state index in [2.05, 4.69) is 33.5 Å². The molecule has 0 aliphatic rings. The maximum atomic E-state index is 12.5. The summed E-state index contributed by atoms with van der Waals surface area (Å²) in [5, 5.41) is 15.0. The highest BCUT2D eigenvalue weighted by atomic mass is 32.2. The molecule has 1 aromatic heterocycles. The van der Waals surface area contributed by atoms with Gasteiger partial charge in [0.15, 0.2) is 11.0 Å². The van der Waals surface area contributed by atoms with Crippen molar-refractivity contribution < 1.29 is 9.59 Å². The lowest BCUT2D eigenvalue weighted by atomic mass is 10.1. The number of aryl methyl sites for hydroxylation is 2. The molecule has 8 heteroatoms. The zero-order chi connectivity index (χ0) is 23.1. The summed E-state index contributed by atoms with van der Waals surface area (Å²) in [5.74, 6) is 0.479. The number of aromatic nitrogens is 3. The number of anilines is 1. The van der Waals surface area contributed by atoms with Gasteiger partial charge in [-0.2, -0.15) is 0 Å². The summed E-state index contributed by atoms with van der Waals surface area (Å²) in [5.41, 5.74) is 3.54. The first kappa shape index (κ1) is 23.3. The van der Waals surface area contributed by atoms with Gasteiger partial charge >= 0.3 is 0 Å². The van der Waals surface area contributed by atoms with E-state index in [1.807, 2.05) is 55.7 Å². The van der Waals surface area contributed by atoms with Gasteiger partial charge in [0.25, 0.3) is 5.91 Å². The Kier molecular flexibility index (Phi) is 7.83. The highest BCUT2D eigenvalue weighted by Crippen LogP contribution is 2.22. The van der Waals surface area contributed by atoms with Crippen LogP contribution in [0.1, 0.15) is 40.3 Å². The molecule has 2 amide bonds. The molecule has 3 rings (SSSR count). The Hall–Kier alpha value is -3.39. The third kappa shape index (κ3) is 6.07. The van der Waals surface area contributed by atoms with E-state index in [9.17, 15) is 9.59 Å². The van der Waals surface area contributed by atoms with E-state index in [0.29, 0.717) is 23.1 Å². The quantitative estimate of drug-likeness (QED) is 0.376. The number of hydrogen-bond donors (Lipinski definition) is 2. The lowest BCUT2D eigenvalue weighted by Crippen LogP contribution is -2.28. The van der Waals surface area contributed by atoms with Crippen molar-refractivity contribution in [2.45, 2.75) is 38.5 Å². The summed E-state index contributed by atoms with van der Waals surface area (Å²) >= 11 is 1.29. The number of hydrogen-bond acceptors (Lipinski definition) is 5. The number of benzene rings is 2. The molecule has 32 heavy (non-hydrogen) atoms. The molecule has 0 fully saturated rings. The first-order valence-corrected chi connectivity index (χ1v) is 11.3. The van der Waals surface area contributed by atoms with Crippen molar-refractivity contribution in [2.24, 2.45) is 0 Å². The minimum atomic E-state index is -0.367. The molecule has 0 saturated heterocycles. The van der Waals surface area contributed by atoms with Gasteiger partial charge in [-0.15, -0.1) is 16.8 Å². The standard InChI is InChI=1S/C24H27N5O2S/c1-5-11-29-22(18(4)25-23(31)19-9-7-6-8-10-19)27-28-24(29)32-15-21(30)26-20-13-16(2)12-17(3)14-20/h5-10,12-14,18H,1,11,15H2,2-4H3,(H,25,31)(H,26,30)/t18-/m1/s1. The summed E-state index contributed by atoms with van der Waals surface area (Å²) in [6.07, 6.45) is 1.73. The summed E-state index contributed by atoms with van der Waals surface area (Å²) in [4.78, 5) is 24.9. The van der Waals surface area contributed by atoms with E-state index >= 15 is 0 Å². The monoisotopic (exact) mass is 449 g/mol. The molecule has 7 nitrogen and oxygen atoms in total. The molecule has 0 unspecified atom stereocenters. The van der Waals surface area contributed by atoms with E-state index in [4.69, 9.17) is 0 Å². The Morgan fingerprint density at radius 3 is 2.47 bits per heavy atom. The van der Waals surface area contributed by atoms with Gasteiger partial charge in [0, 0.05) is 17.8 Å². The van der Waals surface area contributed by atoms with E-state index in [0.717, 1.165) is 16.8 Å². The highest BCUT2D eigenvalue weighted by Gasteiger charge is 2.20. The summed E-state index contributed by atoms with van der Waals surface area (Å²) in [6, 6.07) is 14.6. The van der Waals surface area contributed by atoms with E-state index in [-0.39, 0.29) is 23.6 Å². The first-order valence-electron chi connectivity index (χ1n) is 10.3. The second kappa shape index (κ2) is 10.8. The molecule has 2 aromatic carbocycles. The van der Waals surface area contributed by atoms with Crippen LogP contribution in [0, 0.1) is 13.8 Å². The fourth-order valence-corrected chi connectivity index (χ4v) is 4.09. The second-order valence-electron chi connectivity index (χ2n) is 7.51. The van der Waals surface area contributed by atoms with Crippen molar-refractivity contribution >= 4 is 29.3 Å². The van der Waals surface area contributed by atoms with Gasteiger partial charge < -0.3 is 15.2 Å². The molecular formula is C24H27N5O2S. The van der Waals surface area contributed by atoms with Crippen LogP contribution < -0.4 is 10.6 Å². The zero-order valence-corrected chi connectivity index (χ0v) is 19.3. The van der Waals surface area contributed by atoms with E-state index in [1.54, 1.807) is 18.2 Å². The lowest BCUT2D eigenvalue weighted by Gasteiger charge is -2.15. The van der Waals surface area contributed by atoms with Gasteiger partial charge in [-0.1, -0.05) is 42.1 Å². The van der Waals surface area contributed by atoms with Crippen LogP contribution in [0.25, 0.3) is 0 Å². The molecule has 166 valence electrons. The zero-order valence-electron chi connectivity index (χ0n) is 18.5. The number of carbonyl (C=O) groups is 2. The Bertz CT molecular complexity index is 1090. The van der Waals surface area contributed by atoms with Gasteiger partial charge in [-0.25, -0.2) is 0 Å². The van der Waals surface area contributed by atoms with Crippen LogP contribution in [-0.2, 0) is 11.3 Å². The molecule has 1 atom stereocenters. The number of amides is 2. The fourth-order valence-electron chi connectivity index (χ4n) is 3.34. The number of carbonyl (C=O) groups excluding carboxylic acids is 2. The van der Waals surface area contributed by atoms with Crippen LogP contribution in [-0.4, -0.2) is 32.3 Å². The molecule has 2 N–H and O–H groups in total. The van der Waals surface area contributed by atoms with Crippen molar-refractivity contribution in [2.75, 3.05) is 11.1 Å². The third-order valence-electron chi connectivity index (χ3n) is 4.67. The molecule has 0 saturated carbocycles. The van der Waals surface area contributed by atoms with Crippen LogP contribution in [0.15, 0.2) is 66.3 Å². The van der Waals surface area contributed by atoms with Crippen molar-refractivity contribution in [3.8, 4) is 0 Å². The lowest BCUT2D eigenvalue weighted by molar-refractivity contribution is -0.113. The SMILES string of the molecule is C=CCn1c(SCC(=O)Nc2cc(C)cc(C)c2)nnc1[C@@H](C)NC(=O)c1ccccc1. The number of nitrogens with one attached hydrogen (secondary N) is 2. The molecular weight excluding hydrogens is 422 g/mol. The molecule has 1 heterocycles. The number of rotatable bonds is 9. The van der Waals surface area contributed by atoms with Crippen LogP contribution in [0.5, 0.6) is 0 Å². The van der Waals surface area contributed by atoms with Crippen LogP contribution >= 0.6 is 11.8 Å². The third-order valence-corrected chi connectivity index (χ3v) is 5.63. The number of thioether (sulfide) groups is 1. The first-order chi connectivity index (χ1) is 15.4. The summed E-state index contributed by atoms with van der Waals surface area (Å²) in [6.45, 7) is 10.1. The van der Waals surface area contributed by atoms with Gasteiger partial charge in [-0.05, 0) is 56.2 Å². The van der Waals surface area contributed by atoms with Crippen LogP contribution in [0.3, 0.4) is 0 Å². The van der Waals surface area contributed by atoms with Crippen molar-refractivity contribution in [1.82, 2.24) is 20.1 Å². The Morgan fingerprint density at radius 1 is 1.12 bits per heavy atom. The highest BCUT2D eigenvalue weighted by molar-refractivity contribution is 7.99. The maximum absolute atomic E-state index is 12.5. The van der Waals surface area contributed by atoms with Gasteiger partial charge in [0.1, 0.15) is 0 Å². The minimum Gasteiger partial charge on any atom is -0.342 e. The smallest absolute Gasteiger partial charge is 0.251 e. The van der Waals surface area contributed by atoms with Gasteiger partial charge in [0.2, 0.25) is 5.91 Å². The largest absolute Gasteiger partial charge is 0.342 e. The van der Waals surface area contributed by atoms with Crippen LogP contribution in [0.2, 0.25) is 0 Å². The van der Waals surface area contributed by atoms with Crippen molar-refractivity contribution in [3.05, 3.63) is 83.7 Å². The summed E-state index contributed by atoms with van der Waals surface area (Å²) in [7, 11) is 0. The molecule has 0 spiro atoms. The fraction of sp³-hybridized carbons (Fsp3) is 0.250. The Morgan fingerprint density at radius 2 is 1.81 bits per heavy atom. The topological polar surface area (TPSA) is 88.9 Å². The van der Waals surface area contributed by atoms with Gasteiger partial charge in [-0.3, -0.25) is 9.59 Å². The molecule has 0 aliphatic heterocycles. The van der Waals surface area contributed by atoms with Crippen LogP contribution in [0.4, 0.5) is 5.69 Å². The van der Waals surface area contributed by atoms with E-state index in [1.165, 1.54) is 11.8 Å². The second-order valence-corrected chi connectivity index (χ2v) is 8.46. The maximum Gasteiger partial charge on any atom is 0.251 e.